The normalized spacial score (nSPS) is 18.4. The summed E-state index contributed by atoms with van der Waals surface area (Å²) in [4.78, 5) is 30.0. The highest BCUT2D eigenvalue weighted by atomic mass is 32.2. The summed E-state index contributed by atoms with van der Waals surface area (Å²) in [6.07, 6.45) is 3.84. The Labute approximate surface area is 240 Å². The average Bonchev–Trinajstić information content (AvgIpc) is 3.58. The third kappa shape index (κ3) is 4.55. The molecule has 6 rings (SSSR count). The summed E-state index contributed by atoms with van der Waals surface area (Å²) in [5, 5.41) is 6.89. The fourth-order valence-electron chi connectivity index (χ4n) is 4.78. The van der Waals surface area contributed by atoms with Gasteiger partial charge in [0.05, 0.1) is 32.2 Å². The molecule has 0 spiro atoms. The van der Waals surface area contributed by atoms with Gasteiger partial charge in [0.1, 0.15) is 4.66 Å². The Hall–Kier alpha value is -4.40. The van der Waals surface area contributed by atoms with Gasteiger partial charge in [-0.1, -0.05) is 90.6 Å². The quantitative estimate of drug-likeness (QED) is 0.357. The smallest absolute Gasteiger partial charge is 0.283 e. The second kappa shape index (κ2) is 10.6. The number of thioether (sulfide) groups is 1. The number of anilines is 1. The Balaban J connectivity index is 1.41. The predicted octanol–water partition coefficient (Wildman–Crippen LogP) is 4.85. The van der Waals surface area contributed by atoms with Crippen molar-refractivity contribution < 1.29 is 4.79 Å². The average molecular weight is 563 g/mol. The minimum Gasteiger partial charge on any atom is -0.338 e. The van der Waals surface area contributed by atoms with E-state index < -0.39 is 0 Å². The second-order valence-electron chi connectivity index (χ2n) is 9.39. The van der Waals surface area contributed by atoms with E-state index in [1.165, 1.54) is 16.3 Å². The van der Waals surface area contributed by atoms with Crippen LogP contribution in [0.3, 0.4) is 0 Å². The highest BCUT2D eigenvalue weighted by Gasteiger charge is 2.31. The van der Waals surface area contributed by atoms with Gasteiger partial charge >= 0.3 is 0 Å². The molecule has 0 unspecified atom stereocenters. The first kappa shape index (κ1) is 25.9. The molecule has 2 aliphatic heterocycles. The lowest BCUT2D eigenvalue weighted by atomic mass is 10.1. The van der Waals surface area contributed by atoms with Crippen molar-refractivity contribution in [2.45, 2.75) is 6.92 Å². The molecule has 8 heteroatoms. The van der Waals surface area contributed by atoms with Crippen LogP contribution in [0.5, 0.6) is 0 Å². The fourth-order valence-corrected chi connectivity index (χ4v) is 7.08. The third-order valence-electron chi connectivity index (χ3n) is 6.81. The molecule has 6 nitrogen and oxygen atoms in total. The number of amides is 1. The highest BCUT2D eigenvalue weighted by Crippen LogP contribution is 2.49. The van der Waals surface area contributed by atoms with Crippen LogP contribution in [0, 0.1) is 0 Å². The van der Waals surface area contributed by atoms with Crippen LogP contribution >= 0.6 is 23.1 Å². The summed E-state index contributed by atoms with van der Waals surface area (Å²) < 4.78 is 2.70. The Morgan fingerprint density at radius 1 is 0.775 bits per heavy atom. The molecule has 0 bridgehead atoms. The van der Waals surface area contributed by atoms with E-state index in [4.69, 9.17) is 0 Å². The number of para-hydroxylation sites is 1. The largest absolute Gasteiger partial charge is 0.338 e. The van der Waals surface area contributed by atoms with E-state index in [1.807, 2.05) is 85.9 Å². The molecule has 0 saturated heterocycles. The number of carbonyl (C=O) groups excluding carboxylic acids is 1. The summed E-state index contributed by atoms with van der Waals surface area (Å²) in [5.41, 5.74) is 4.98. The van der Waals surface area contributed by atoms with Crippen molar-refractivity contribution in [1.29, 1.82) is 0 Å². The maximum atomic E-state index is 13.4. The first-order chi connectivity index (χ1) is 19.4. The Bertz CT molecular complexity index is 1890. The van der Waals surface area contributed by atoms with E-state index in [9.17, 15) is 9.59 Å². The maximum Gasteiger partial charge on any atom is 0.283 e. The molecule has 0 atom stereocenters. The van der Waals surface area contributed by atoms with Gasteiger partial charge in [-0.2, -0.15) is 10.1 Å². The van der Waals surface area contributed by atoms with Crippen LogP contribution in [0.25, 0.3) is 22.3 Å². The molecule has 1 aromatic heterocycles. The first-order valence-corrected chi connectivity index (χ1v) is 14.4. The number of thiazole rings is 1. The molecule has 40 heavy (non-hydrogen) atoms. The lowest BCUT2D eigenvalue weighted by Gasteiger charge is -2.17. The fraction of sp³-hybridized carbons (Fsp3) is 0.0938. The van der Waals surface area contributed by atoms with Crippen LogP contribution in [0.2, 0.25) is 0 Å². The summed E-state index contributed by atoms with van der Waals surface area (Å²) in [7, 11) is 3.75. The summed E-state index contributed by atoms with van der Waals surface area (Å²) in [5.74, 6) is -0.235. The lowest BCUT2D eigenvalue weighted by Crippen LogP contribution is -2.32. The number of nitrogens with zero attached hydrogens (tertiary/aromatic N) is 4. The van der Waals surface area contributed by atoms with Crippen LogP contribution in [-0.4, -0.2) is 28.1 Å². The zero-order valence-corrected chi connectivity index (χ0v) is 23.9. The van der Waals surface area contributed by atoms with Crippen molar-refractivity contribution in [3.05, 3.63) is 133 Å². The number of benzene rings is 3. The molecule has 3 aromatic carbocycles. The Kier molecular flexibility index (Phi) is 6.88. The van der Waals surface area contributed by atoms with Gasteiger partial charge in [0.15, 0.2) is 0 Å². The molecule has 198 valence electrons. The van der Waals surface area contributed by atoms with E-state index in [0.29, 0.717) is 26.2 Å². The number of rotatable bonds is 4. The molecular formula is C32H26N4O2S2. The number of hydrogen-bond donors (Lipinski definition) is 0. The molecular weight excluding hydrogens is 537 g/mol. The number of aromatic nitrogens is 1. The molecule has 3 heterocycles. The van der Waals surface area contributed by atoms with Gasteiger partial charge < -0.3 is 9.47 Å². The van der Waals surface area contributed by atoms with Crippen molar-refractivity contribution in [3.8, 4) is 0 Å². The topological polar surface area (TPSA) is 57.9 Å². The lowest BCUT2D eigenvalue weighted by molar-refractivity contribution is -0.112. The number of carbonyl (C=O) groups is 1. The van der Waals surface area contributed by atoms with Gasteiger partial charge in [0.25, 0.3) is 11.5 Å². The van der Waals surface area contributed by atoms with Gasteiger partial charge in [-0.3, -0.25) is 9.59 Å². The van der Waals surface area contributed by atoms with Gasteiger partial charge in [-0.05, 0) is 42.3 Å². The minimum atomic E-state index is -0.235. The van der Waals surface area contributed by atoms with Crippen molar-refractivity contribution in [2.75, 3.05) is 12.1 Å². The number of hydrazone groups is 1. The second-order valence-corrected chi connectivity index (χ2v) is 11.5. The van der Waals surface area contributed by atoms with Gasteiger partial charge in [-0.15, -0.1) is 11.3 Å². The van der Waals surface area contributed by atoms with E-state index >= 15 is 0 Å². The molecule has 1 amide bonds. The molecule has 0 aliphatic carbocycles. The predicted molar refractivity (Wildman–Crippen MR) is 167 cm³/mol. The monoisotopic (exact) mass is 562 g/mol. The highest BCUT2D eigenvalue weighted by molar-refractivity contribution is 8.12. The summed E-state index contributed by atoms with van der Waals surface area (Å²) in [6, 6.07) is 30.0. The Morgan fingerprint density at radius 3 is 2.02 bits per heavy atom. The minimum absolute atomic E-state index is 0.145. The molecule has 0 radical (unpaired) electrons. The van der Waals surface area contributed by atoms with Gasteiger partial charge in [0.2, 0.25) is 0 Å². The van der Waals surface area contributed by atoms with Crippen molar-refractivity contribution in [3.63, 3.8) is 0 Å². The van der Waals surface area contributed by atoms with E-state index in [0.717, 1.165) is 26.8 Å². The van der Waals surface area contributed by atoms with Crippen LogP contribution in [0.15, 0.2) is 112 Å². The first-order valence-electron chi connectivity index (χ1n) is 12.8. The van der Waals surface area contributed by atoms with Crippen molar-refractivity contribution in [2.24, 2.45) is 12.1 Å². The standard InChI is InChI=1S/C32H26N4O2S2/c1-21-27(31(38)36(33-21)24-17-11-6-12-18-24)32-35(3)30(37)25(39-32)19-20-26-34(2)28(22-13-7-4-8-14-22)29(40-26)23-15-9-5-10-16-23/h4-20H,1-3H3. The molecule has 4 aromatic rings. The van der Waals surface area contributed by atoms with Gasteiger partial charge in [0, 0.05) is 19.0 Å². The van der Waals surface area contributed by atoms with Crippen LogP contribution in [0.4, 0.5) is 5.69 Å². The zero-order chi connectivity index (χ0) is 27.8. The Morgan fingerprint density at radius 2 is 1.38 bits per heavy atom. The molecule has 0 saturated carbocycles. The van der Waals surface area contributed by atoms with Crippen molar-refractivity contribution >= 4 is 62.7 Å². The zero-order valence-electron chi connectivity index (χ0n) is 22.2. The van der Waals surface area contributed by atoms with Crippen LogP contribution in [0.1, 0.15) is 18.1 Å². The van der Waals surface area contributed by atoms with Crippen LogP contribution < -0.4 is 19.8 Å². The van der Waals surface area contributed by atoms with Crippen molar-refractivity contribution in [1.82, 2.24) is 9.47 Å². The summed E-state index contributed by atoms with van der Waals surface area (Å²) >= 11 is 2.99. The van der Waals surface area contributed by atoms with E-state index in [1.54, 1.807) is 30.3 Å². The molecule has 2 aliphatic rings. The van der Waals surface area contributed by atoms with Gasteiger partial charge in [-0.25, -0.2) is 0 Å². The molecule has 0 fully saturated rings. The SMILES string of the molecule is CC1=NN(c2ccccc2)C(=O)C1=c1sc(=CC=C2SC(c3ccccc3)=C(c3ccccc3)N2C)c(=O)n1C. The maximum absolute atomic E-state index is 13.4. The van der Waals surface area contributed by atoms with E-state index in [2.05, 4.69) is 34.3 Å². The molecule has 0 N–H and O–H groups in total. The number of allylic oxidation sites excluding steroid dienone is 1. The summed E-state index contributed by atoms with van der Waals surface area (Å²) in [6.45, 7) is 1.80. The van der Waals surface area contributed by atoms with E-state index in [-0.39, 0.29) is 11.5 Å². The number of hydrogen-bond acceptors (Lipinski definition) is 6. The van der Waals surface area contributed by atoms with Crippen LogP contribution in [-0.2, 0) is 11.8 Å². The third-order valence-corrected chi connectivity index (χ3v) is 9.26.